The lowest BCUT2D eigenvalue weighted by atomic mass is 10.2. The molecule has 0 rings (SSSR count). The summed E-state index contributed by atoms with van der Waals surface area (Å²) in [5.74, 6) is 0. The molecule has 0 aliphatic heterocycles. The minimum atomic E-state index is -0.403. The van der Waals surface area contributed by atoms with E-state index in [1.165, 1.54) is 0 Å². The van der Waals surface area contributed by atoms with E-state index in [9.17, 15) is 5.11 Å². The fraction of sp³-hybridized carbons (Fsp3) is 1.00. The van der Waals surface area contributed by atoms with Crippen molar-refractivity contribution in [2.75, 3.05) is 26.4 Å². The van der Waals surface area contributed by atoms with E-state index in [0.29, 0.717) is 26.2 Å². The number of aliphatic hydroxyl groups excluding tert-OH is 2. The second-order valence-electron chi connectivity index (χ2n) is 5.34. The minimum absolute atomic E-state index is 0.0000592. The number of ether oxygens (including phenoxy) is 3. The van der Waals surface area contributed by atoms with Crippen LogP contribution in [0.25, 0.3) is 0 Å². The van der Waals surface area contributed by atoms with Gasteiger partial charge in [0.2, 0.25) is 0 Å². The van der Waals surface area contributed by atoms with Crippen molar-refractivity contribution in [3.63, 3.8) is 0 Å². The fourth-order valence-electron chi connectivity index (χ4n) is 1.72. The highest BCUT2D eigenvalue weighted by molar-refractivity contribution is 4.62. The summed E-state index contributed by atoms with van der Waals surface area (Å²) in [6, 6.07) is 0. The van der Waals surface area contributed by atoms with Crippen LogP contribution in [0.2, 0.25) is 0 Å². The highest BCUT2D eigenvalue weighted by Gasteiger charge is 2.15. The van der Waals surface area contributed by atoms with Crippen molar-refractivity contribution in [3.8, 4) is 0 Å². The summed E-state index contributed by atoms with van der Waals surface area (Å²) in [6.07, 6.45) is 2.70. The van der Waals surface area contributed by atoms with Gasteiger partial charge in [0, 0.05) is 0 Å². The molecule has 0 aliphatic rings. The molecule has 0 amide bonds. The molecular formula is C16H34O5. The normalized spacial score (nSPS) is 17.4. The molecule has 5 nitrogen and oxygen atoms in total. The van der Waals surface area contributed by atoms with Gasteiger partial charge in [0.15, 0.2) is 0 Å². The van der Waals surface area contributed by atoms with Crippen molar-refractivity contribution in [1.29, 1.82) is 0 Å². The minimum Gasteiger partial charge on any atom is -0.394 e. The van der Waals surface area contributed by atoms with Crippen LogP contribution in [0.5, 0.6) is 0 Å². The molecule has 0 aliphatic carbocycles. The SMILES string of the molecule is CCC(O)COC(CC)COC(CC)COC(CC)CO. The maximum absolute atomic E-state index is 9.52. The molecule has 128 valence electrons. The van der Waals surface area contributed by atoms with E-state index in [0.717, 1.165) is 19.3 Å². The summed E-state index contributed by atoms with van der Waals surface area (Å²) in [5, 5.41) is 18.6. The summed E-state index contributed by atoms with van der Waals surface area (Å²) in [4.78, 5) is 0. The van der Waals surface area contributed by atoms with Crippen LogP contribution in [0.4, 0.5) is 0 Å². The maximum atomic E-state index is 9.52. The highest BCUT2D eigenvalue weighted by atomic mass is 16.6. The summed E-state index contributed by atoms with van der Waals surface area (Å²) in [5.41, 5.74) is 0. The van der Waals surface area contributed by atoms with Crippen LogP contribution in [-0.4, -0.2) is 61.1 Å². The van der Waals surface area contributed by atoms with Crippen LogP contribution < -0.4 is 0 Å². The van der Waals surface area contributed by atoms with Crippen molar-refractivity contribution < 1.29 is 24.4 Å². The van der Waals surface area contributed by atoms with E-state index < -0.39 is 6.10 Å². The lowest BCUT2D eigenvalue weighted by molar-refractivity contribution is -0.0975. The molecule has 0 fully saturated rings. The van der Waals surface area contributed by atoms with Gasteiger partial charge >= 0.3 is 0 Å². The Kier molecular flexibility index (Phi) is 13.3. The van der Waals surface area contributed by atoms with Gasteiger partial charge in [-0.25, -0.2) is 0 Å². The predicted molar refractivity (Wildman–Crippen MR) is 83.5 cm³/mol. The van der Waals surface area contributed by atoms with E-state index in [1.807, 2.05) is 20.8 Å². The predicted octanol–water partition coefficient (Wildman–Crippen LogP) is 2.14. The molecule has 0 bridgehead atoms. The second kappa shape index (κ2) is 13.5. The topological polar surface area (TPSA) is 68.2 Å². The lowest BCUT2D eigenvalue weighted by Crippen LogP contribution is -2.30. The van der Waals surface area contributed by atoms with Gasteiger partial charge < -0.3 is 24.4 Å². The van der Waals surface area contributed by atoms with Crippen molar-refractivity contribution in [2.24, 2.45) is 0 Å². The fourth-order valence-corrected chi connectivity index (χ4v) is 1.72. The molecule has 0 saturated heterocycles. The molecule has 0 aromatic carbocycles. The van der Waals surface area contributed by atoms with Gasteiger partial charge in [-0.2, -0.15) is 0 Å². The van der Waals surface area contributed by atoms with Gasteiger partial charge in [-0.15, -0.1) is 0 Å². The van der Waals surface area contributed by atoms with Crippen molar-refractivity contribution in [1.82, 2.24) is 0 Å². The molecule has 0 aromatic rings. The molecule has 5 heteroatoms. The summed E-state index contributed by atoms with van der Waals surface area (Å²) in [7, 11) is 0. The number of hydrogen-bond acceptors (Lipinski definition) is 5. The Balaban J connectivity index is 3.99. The first-order valence-electron chi connectivity index (χ1n) is 8.24. The van der Waals surface area contributed by atoms with Crippen molar-refractivity contribution in [2.45, 2.75) is 77.8 Å². The van der Waals surface area contributed by atoms with Crippen LogP contribution in [0.15, 0.2) is 0 Å². The standard InChI is InChI=1S/C16H34O5/c1-5-13(18)10-19-15(7-3)12-21-16(8-4)11-20-14(6-2)9-17/h13-18H,5-12H2,1-4H3. The monoisotopic (exact) mass is 306 g/mol. The quantitative estimate of drug-likeness (QED) is 0.514. The first kappa shape index (κ1) is 20.8. The maximum Gasteiger partial charge on any atom is 0.0807 e. The van der Waals surface area contributed by atoms with Gasteiger partial charge in [-0.05, 0) is 25.7 Å². The lowest BCUT2D eigenvalue weighted by Gasteiger charge is -2.23. The van der Waals surface area contributed by atoms with E-state index in [-0.39, 0.29) is 24.9 Å². The molecule has 4 atom stereocenters. The zero-order valence-corrected chi connectivity index (χ0v) is 14.1. The molecular weight excluding hydrogens is 272 g/mol. The molecule has 21 heavy (non-hydrogen) atoms. The second-order valence-corrected chi connectivity index (χ2v) is 5.34. The molecule has 0 saturated carbocycles. The molecule has 0 spiro atoms. The van der Waals surface area contributed by atoms with Crippen molar-refractivity contribution >= 4 is 0 Å². The summed E-state index contributed by atoms with van der Waals surface area (Å²) in [6.45, 7) is 9.41. The first-order chi connectivity index (χ1) is 10.1. The van der Waals surface area contributed by atoms with Crippen LogP contribution in [0.3, 0.4) is 0 Å². The number of aliphatic hydroxyl groups is 2. The zero-order chi connectivity index (χ0) is 16.1. The molecule has 4 unspecified atom stereocenters. The molecule has 0 radical (unpaired) electrons. The zero-order valence-electron chi connectivity index (χ0n) is 14.1. The van der Waals surface area contributed by atoms with Crippen LogP contribution in [0, 0.1) is 0 Å². The van der Waals surface area contributed by atoms with E-state index in [1.54, 1.807) is 0 Å². The molecule has 0 heterocycles. The van der Waals surface area contributed by atoms with E-state index in [2.05, 4.69) is 6.92 Å². The number of rotatable bonds is 14. The third-order valence-corrected chi connectivity index (χ3v) is 3.60. The average molecular weight is 306 g/mol. The van der Waals surface area contributed by atoms with Crippen LogP contribution in [0.1, 0.15) is 53.4 Å². The third-order valence-electron chi connectivity index (χ3n) is 3.60. The average Bonchev–Trinajstić information content (AvgIpc) is 2.53. The Morgan fingerprint density at radius 2 is 1.10 bits per heavy atom. The smallest absolute Gasteiger partial charge is 0.0807 e. The summed E-state index contributed by atoms with van der Waals surface area (Å²) >= 11 is 0. The highest BCUT2D eigenvalue weighted by Crippen LogP contribution is 2.08. The Bertz CT molecular complexity index is 221. The van der Waals surface area contributed by atoms with E-state index >= 15 is 0 Å². The molecule has 2 N–H and O–H groups in total. The van der Waals surface area contributed by atoms with Gasteiger partial charge in [0.25, 0.3) is 0 Å². The van der Waals surface area contributed by atoms with Gasteiger partial charge in [-0.3, -0.25) is 0 Å². The Labute approximate surface area is 129 Å². The molecule has 0 aromatic heterocycles. The van der Waals surface area contributed by atoms with Crippen LogP contribution in [-0.2, 0) is 14.2 Å². The first-order valence-corrected chi connectivity index (χ1v) is 8.24. The Morgan fingerprint density at radius 1 is 0.667 bits per heavy atom. The van der Waals surface area contributed by atoms with Gasteiger partial charge in [0.1, 0.15) is 0 Å². The van der Waals surface area contributed by atoms with Gasteiger partial charge in [0.05, 0.1) is 50.8 Å². The largest absolute Gasteiger partial charge is 0.394 e. The van der Waals surface area contributed by atoms with Crippen molar-refractivity contribution in [3.05, 3.63) is 0 Å². The van der Waals surface area contributed by atoms with Crippen LogP contribution >= 0.6 is 0 Å². The van der Waals surface area contributed by atoms with E-state index in [4.69, 9.17) is 19.3 Å². The number of hydrogen-bond donors (Lipinski definition) is 2. The van der Waals surface area contributed by atoms with Gasteiger partial charge in [-0.1, -0.05) is 27.7 Å². The Hall–Kier alpha value is -0.200. The Morgan fingerprint density at radius 3 is 1.48 bits per heavy atom. The third kappa shape index (κ3) is 10.2. The summed E-state index contributed by atoms with van der Waals surface area (Å²) < 4.78 is 17.1.